The van der Waals surface area contributed by atoms with Crippen molar-refractivity contribution < 1.29 is 9.09 Å². The maximum Gasteiger partial charge on any atom is 0.210 e. The lowest BCUT2D eigenvalue weighted by atomic mass is 9.98. The van der Waals surface area contributed by atoms with Crippen molar-refractivity contribution in [3.8, 4) is 0 Å². The topological polar surface area (TPSA) is 26.3 Å². The third-order valence-corrected chi connectivity index (χ3v) is 5.50. The molecule has 0 N–H and O–H groups in total. The zero-order valence-corrected chi connectivity index (χ0v) is 9.76. The van der Waals surface area contributed by atoms with Crippen LogP contribution in [0.3, 0.4) is 0 Å². The van der Waals surface area contributed by atoms with Gasteiger partial charge in [0.05, 0.1) is 6.10 Å². The number of hydrogen-bond acceptors (Lipinski definition) is 2. The third-order valence-electron chi connectivity index (χ3n) is 3.10. The Kier molecular flexibility index (Phi) is 3.14. The smallest absolute Gasteiger partial charge is 0.210 e. The second-order valence-electron chi connectivity index (χ2n) is 4.57. The summed E-state index contributed by atoms with van der Waals surface area (Å²) in [5, 5.41) is 0. The highest BCUT2D eigenvalue weighted by atomic mass is 31.2. The Bertz CT molecular complexity index is 277. The molecule has 0 aromatic rings. The molecule has 0 saturated heterocycles. The average molecular weight is 214 g/mol. The molecule has 0 aromatic carbocycles. The van der Waals surface area contributed by atoms with E-state index in [1.165, 1.54) is 24.8 Å². The Hall–Kier alpha value is -0.0700. The van der Waals surface area contributed by atoms with E-state index >= 15 is 0 Å². The molecule has 0 amide bonds. The fourth-order valence-corrected chi connectivity index (χ4v) is 4.85. The van der Waals surface area contributed by atoms with Crippen LogP contribution in [0.25, 0.3) is 0 Å². The van der Waals surface area contributed by atoms with E-state index in [1.807, 2.05) is 6.92 Å². The van der Waals surface area contributed by atoms with Crippen LogP contribution in [-0.4, -0.2) is 18.4 Å². The van der Waals surface area contributed by atoms with Gasteiger partial charge in [0.15, 0.2) is 0 Å². The molecule has 2 rings (SSSR count). The van der Waals surface area contributed by atoms with Crippen molar-refractivity contribution in [2.75, 3.05) is 12.3 Å². The van der Waals surface area contributed by atoms with Crippen molar-refractivity contribution in [3.63, 3.8) is 0 Å². The number of rotatable bonds is 2. The highest BCUT2D eigenvalue weighted by Gasteiger charge is 2.31. The van der Waals surface area contributed by atoms with Gasteiger partial charge in [0.2, 0.25) is 7.37 Å². The molecule has 3 heteroatoms. The highest BCUT2D eigenvalue weighted by molar-refractivity contribution is 7.59. The van der Waals surface area contributed by atoms with Crippen molar-refractivity contribution in [3.05, 3.63) is 11.6 Å². The summed E-state index contributed by atoms with van der Waals surface area (Å²) in [5.41, 5.74) is 1.24. The van der Waals surface area contributed by atoms with E-state index in [9.17, 15) is 4.57 Å². The van der Waals surface area contributed by atoms with Gasteiger partial charge in [0, 0.05) is 12.3 Å². The first-order valence-electron chi connectivity index (χ1n) is 5.60. The van der Waals surface area contributed by atoms with Gasteiger partial charge in [-0.3, -0.25) is 4.57 Å². The van der Waals surface area contributed by atoms with Crippen LogP contribution in [-0.2, 0) is 9.09 Å². The summed E-state index contributed by atoms with van der Waals surface area (Å²) in [6.45, 7) is 2.05. The van der Waals surface area contributed by atoms with Crippen LogP contribution in [0.15, 0.2) is 11.6 Å². The molecular weight excluding hydrogens is 195 g/mol. The first kappa shape index (κ1) is 10.4. The normalized spacial score (nSPS) is 34.5. The molecule has 1 heterocycles. The van der Waals surface area contributed by atoms with Crippen molar-refractivity contribution in [2.24, 2.45) is 0 Å². The van der Waals surface area contributed by atoms with Gasteiger partial charge in [0.25, 0.3) is 0 Å². The van der Waals surface area contributed by atoms with E-state index in [1.54, 1.807) is 0 Å². The first-order valence-corrected chi connectivity index (χ1v) is 7.60. The molecule has 2 nitrogen and oxygen atoms in total. The standard InChI is InChI=1S/C11H19O2P/c1-10-7-8-14(12,9-10)13-11-5-3-2-4-6-11/h7,11H,2-6,8-9H2,1H3. The van der Waals surface area contributed by atoms with Crippen molar-refractivity contribution >= 4 is 7.37 Å². The van der Waals surface area contributed by atoms with Crippen LogP contribution in [0.4, 0.5) is 0 Å². The molecule has 1 unspecified atom stereocenters. The molecule has 14 heavy (non-hydrogen) atoms. The van der Waals surface area contributed by atoms with Crippen LogP contribution in [0, 0.1) is 0 Å². The zero-order valence-electron chi connectivity index (χ0n) is 8.87. The van der Waals surface area contributed by atoms with Gasteiger partial charge in [-0.15, -0.1) is 0 Å². The van der Waals surface area contributed by atoms with E-state index < -0.39 is 7.37 Å². The van der Waals surface area contributed by atoms with E-state index in [0.717, 1.165) is 12.8 Å². The van der Waals surface area contributed by atoms with E-state index in [-0.39, 0.29) is 6.10 Å². The van der Waals surface area contributed by atoms with Gasteiger partial charge < -0.3 is 4.52 Å². The Labute approximate surface area is 86.2 Å². The monoisotopic (exact) mass is 214 g/mol. The van der Waals surface area contributed by atoms with Gasteiger partial charge in [0.1, 0.15) is 0 Å². The van der Waals surface area contributed by atoms with Crippen LogP contribution < -0.4 is 0 Å². The second kappa shape index (κ2) is 4.20. The summed E-state index contributed by atoms with van der Waals surface area (Å²) < 4.78 is 18.0. The average Bonchev–Trinajstić information content (AvgIpc) is 2.47. The molecule has 2 aliphatic rings. The third kappa shape index (κ3) is 2.49. The fourth-order valence-electron chi connectivity index (χ4n) is 2.33. The lowest BCUT2D eigenvalue weighted by Crippen LogP contribution is -2.15. The van der Waals surface area contributed by atoms with Crippen molar-refractivity contribution in [1.82, 2.24) is 0 Å². The van der Waals surface area contributed by atoms with E-state index in [4.69, 9.17) is 4.52 Å². The first-order chi connectivity index (χ1) is 6.68. The molecular formula is C11H19O2P. The highest BCUT2D eigenvalue weighted by Crippen LogP contribution is 2.54. The van der Waals surface area contributed by atoms with Gasteiger partial charge >= 0.3 is 0 Å². The Morgan fingerprint density at radius 2 is 2.07 bits per heavy atom. The lowest BCUT2D eigenvalue weighted by molar-refractivity contribution is 0.159. The minimum atomic E-state index is -2.29. The quantitative estimate of drug-likeness (QED) is 0.518. The van der Waals surface area contributed by atoms with Crippen LogP contribution >= 0.6 is 7.37 Å². The summed E-state index contributed by atoms with van der Waals surface area (Å²) >= 11 is 0. The van der Waals surface area contributed by atoms with Gasteiger partial charge in [-0.1, -0.05) is 30.9 Å². The van der Waals surface area contributed by atoms with Crippen LogP contribution in [0.1, 0.15) is 39.0 Å². The maximum atomic E-state index is 12.2. The Balaban J connectivity index is 1.88. The van der Waals surface area contributed by atoms with E-state index in [2.05, 4.69) is 6.08 Å². The summed E-state index contributed by atoms with van der Waals surface area (Å²) in [6, 6.07) is 0. The lowest BCUT2D eigenvalue weighted by Gasteiger charge is -2.25. The minimum Gasteiger partial charge on any atom is -0.325 e. The Morgan fingerprint density at radius 1 is 1.36 bits per heavy atom. The van der Waals surface area contributed by atoms with Gasteiger partial charge in [-0.05, 0) is 19.8 Å². The van der Waals surface area contributed by atoms with Gasteiger partial charge in [-0.25, -0.2) is 0 Å². The Morgan fingerprint density at radius 3 is 2.64 bits per heavy atom. The summed E-state index contributed by atoms with van der Waals surface area (Å²) in [4.78, 5) is 0. The van der Waals surface area contributed by atoms with E-state index in [0.29, 0.717) is 12.3 Å². The van der Waals surface area contributed by atoms with Crippen molar-refractivity contribution in [1.29, 1.82) is 0 Å². The predicted molar refractivity (Wildman–Crippen MR) is 59.1 cm³/mol. The van der Waals surface area contributed by atoms with Crippen LogP contribution in [0.2, 0.25) is 0 Å². The maximum absolute atomic E-state index is 12.2. The summed E-state index contributed by atoms with van der Waals surface area (Å²) in [7, 11) is -2.29. The molecule has 1 aliphatic heterocycles. The summed E-state index contributed by atoms with van der Waals surface area (Å²) in [5.74, 6) is 0. The molecule has 0 aromatic heterocycles. The number of hydrogen-bond donors (Lipinski definition) is 0. The fraction of sp³-hybridized carbons (Fsp3) is 0.818. The summed E-state index contributed by atoms with van der Waals surface area (Å²) in [6.07, 6.45) is 9.78. The van der Waals surface area contributed by atoms with Crippen molar-refractivity contribution in [2.45, 2.75) is 45.1 Å². The molecule has 80 valence electrons. The zero-order chi connectivity index (χ0) is 10.0. The molecule has 1 fully saturated rings. The molecule has 1 atom stereocenters. The molecule has 0 spiro atoms. The van der Waals surface area contributed by atoms with Crippen LogP contribution in [0.5, 0.6) is 0 Å². The molecule has 0 radical (unpaired) electrons. The molecule has 0 bridgehead atoms. The molecule has 1 aliphatic carbocycles. The molecule has 1 saturated carbocycles. The minimum absolute atomic E-state index is 0.286. The SMILES string of the molecule is CC1=CCP(=O)(OC2CCCCC2)C1. The van der Waals surface area contributed by atoms with Gasteiger partial charge in [-0.2, -0.15) is 0 Å². The number of allylic oxidation sites excluding steroid dienone is 2. The predicted octanol–water partition coefficient (Wildman–Crippen LogP) is 3.57. The largest absolute Gasteiger partial charge is 0.325 e. The second-order valence-corrected chi connectivity index (χ2v) is 7.09.